The SMILES string of the molecule is O=C(O)c1cc(Cl)ccc1Nc1ccc(Cl)cc1C(=O)O. The molecule has 0 saturated carbocycles. The van der Waals surface area contributed by atoms with E-state index in [0.29, 0.717) is 0 Å². The van der Waals surface area contributed by atoms with Crippen LogP contribution >= 0.6 is 23.2 Å². The van der Waals surface area contributed by atoms with Crippen LogP contribution in [0.2, 0.25) is 10.0 Å². The molecule has 0 aliphatic carbocycles. The average molecular weight is 326 g/mol. The Labute approximate surface area is 129 Å². The van der Waals surface area contributed by atoms with Crippen molar-refractivity contribution in [1.82, 2.24) is 0 Å². The zero-order valence-corrected chi connectivity index (χ0v) is 11.9. The van der Waals surface area contributed by atoms with Crippen LogP contribution in [-0.2, 0) is 0 Å². The molecule has 0 unspecified atom stereocenters. The third-order valence-electron chi connectivity index (χ3n) is 2.69. The molecule has 2 rings (SSSR count). The Balaban J connectivity index is 2.48. The maximum Gasteiger partial charge on any atom is 0.337 e. The van der Waals surface area contributed by atoms with E-state index in [-0.39, 0.29) is 32.5 Å². The number of nitrogens with one attached hydrogen (secondary N) is 1. The lowest BCUT2D eigenvalue weighted by atomic mass is 10.1. The first kappa shape index (κ1) is 15.2. The number of carboxylic acids is 2. The molecule has 0 amide bonds. The highest BCUT2D eigenvalue weighted by Gasteiger charge is 2.15. The molecule has 0 spiro atoms. The maximum absolute atomic E-state index is 11.2. The Bertz CT molecular complexity index is 669. The molecule has 21 heavy (non-hydrogen) atoms. The molecule has 2 aromatic rings. The van der Waals surface area contributed by atoms with E-state index in [2.05, 4.69) is 5.32 Å². The van der Waals surface area contributed by atoms with Crippen molar-refractivity contribution < 1.29 is 19.8 Å². The number of carboxylic acid groups (broad SMARTS) is 2. The molecule has 0 aliphatic rings. The lowest BCUT2D eigenvalue weighted by molar-refractivity contribution is 0.0688. The monoisotopic (exact) mass is 325 g/mol. The molecule has 0 bridgehead atoms. The number of aromatic carboxylic acids is 2. The summed E-state index contributed by atoms with van der Waals surface area (Å²) in [7, 11) is 0. The summed E-state index contributed by atoms with van der Waals surface area (Å²) in [4.78, 5) is 22.4. The van der Waals surface area contributed by atoms with Crippen LogP contribution in [0.3, 0.4) is 0 Å². The highest BCUT2D eigenvalue weighted by atomic mass is 35.5. The predicted molar refractivity (Wildman–Crippen MR) is 80.1 cm³/mol. The van der Waals surface area contributed by atoms with Gasteiger partial charge < -0.3 is 15.5 Å². The summed E-state index contributed by atoms with van der Waals surface area (Å²) in [5.74, 6) is -2.35. The fourth-order valence-corrected chi connectivity index (χ4v) is 2.09. The van der Waals surface area contributed by atoms with Gasteiger partial charge in [-0.2, -0.15) is 0 Å². The van der Waals surface area contributed by atoms with Gasteiger partial charge >= 0.3 is 11.9 Å². The Kier molecular flexibility index (Phi) is 4.35. The third-order valence-corrected chi connectivity index (χ3v) is 3.16. The van der Waals surface area contributed by atoms with E-state index < -0.39 is 11.9 Å². The van der Waals surface area contributed by atoms with Gasteiger partial charge in [0.2, 0.25) is 0 Å². The van der Waals surface area contributed by atoms with E-state index in [9.17, 15) is 9.59 Å². The van der Waals surface area contributed by atoms with Gasteiger partial charge in [-0.3, -0.25) is 0 Å². The molecule has 3 N–H and O–H groups in total. The van der Waals surface area contributed by atoms with Crippen molar-refractivity contribution >= 4 is 46.5 Å². The van der Waals surface area contributed by atoms with E-state index in [0.717, 1.165) is 0 Å². The normalized spacial score (nSPS) is 10.2. The molecular weight excluding hydrogens is 317 g/mol. The summed E-state index contributed by atoms with van der Waals surface area (Å²) in [6.45, 7) is 0. The Morgan fingerprint density at radius 1 is 0.810 bits per heavy atom. The molecule has 2 aromatic carbocycles. The molecular formula is C14H9Cl2NO4. The highest BCUT2D eigenvalue weighted by molar-refractivity contribution is 6.31. The molecule has 5 nitrogen and oxygen atoms in total. The summed E-state index contributed by atoms with van der Waals surface area (Å²) in [5, 5.41) is 21.6. The predicted octanol–water partition coefficient (Wildman–Crippen LogP) is 4.13. The van der Waals surface area contributed by atoms with Crippen LogP contribution < -0.4 is 5.32 Å². The van der Waals surface area contributed by atoms with E-state index in [4.69, 9.17) is 33.4 Å². The number of carbonyl (C=O) groups is 2. The van der Waals surface area contributed by atoms with Gasteiger partial charge in [0.25, 0.3) is 0 Å². The summed E-state index contributed by atoms with van der Waals surface area (Å²) in [6, 6.07) is 8.50. The number of anilines is 2. The summed E-state index contributed by atoms with van der Waals surface area (Å²) >= 11 is 11.5. The first-order chi connectivity index (χ1) is 9.88. The van der Waals surface area contributed by atoms with Crippen molar-refractivity contribution in [3.05, 3.63) is 57.6 Å². The fraction of sp³-hybridized carbons (Fsp3) is 0. The van der Waals surface area contributed by atoms with Crippen LogP contribution in [0.25, 0.3) is 0 Å². The van der Waals surface area contributed by atoms with E-state index in [1.54, 1.807) is 0 Å². The molecule has 0 aromatic heterocycles. The first-order valence-corrected chi connectivity index (χ1v) is 6.47. The van der Waals surface area contributed by atoms with Crippen LogP contribution in [0.4, 0.5) is 11.4 Å². The van der Waals surface area contributed by atoms with Gasteiger partial charge in [0.05, 0.1) is 22.5 Å². The van der Waals surface area contributed by atoms with Crippen LogP contribution in [0.5, 0.6) is 0 Å². The van der Waals surface area contributed by atoms with E-state index in [1.165, 1.54) is 36.4 Å². The van der Waals surface area contributed by atoms with Gasteiger partial charge in [-0.25, -0.2) is 9.59 Å². The second-order valence-corrected chi connectivity index (χ2v) is 4.99. The van der Waals surface area contributed by atoms with Gasteiger partial charge in [-0.05, 0) is 36.4 Å². The number of halogens is 2. The number of benzene rings is 2. The quantitative estimate of drug-likeness (QED) is 0.786. The minimum Gasteiger partial charge on any atom is -0.478 e. The first-order valence-electron chi connectivity index (χ1n) is 5.71. The Morgan fingerprint density at radius 3 is 1.52 bits per heavy atom. The van der Waals surface area contributed by atoms with Gasteiger partial charge in [-0.15, -0.1) is 0 Å². The standard InChI is InChI=1S/C14H9Cl2NO4/c15-7-1-3-11(9(5-7)13(18)19)17-12-4-2-8(16)6-10(12)14(20)21/h1-6,17H,(H,18,19)(H,20,21). The summed E-state index contributed by atoms with van der Waals surface area (Å²) < 4.78 is 0. The lowest BCUT2D eigenvalue weighted by Crippen LogP contribution is -2.06. The van der Waals surface area contributed by atoms with Crippen molar-refractivity contribution in [3.63, 3.8) is 0 Å². The van der Waals surface area contributed by atoms with E-state index >= 15 is 0 Å². The summed E-state index contributed by atoms with van der Waals surface area (Å²) in [6.07, 6.45) is 0. The number of hydrogen-bond donors (Lipinski definition) is 3. The van der Waals surface area contributed by atoms with Crippen molar-refractivity contribution in [2.45, 2.75) is 0 Å². The van der Waals surface area contributed by atoms with Gasteiger partial charge in [0.15, 0.2) is 0 Å². The second-order valence-electron chi connectivity index (χ2n) is 4.12. The van der Waals surface area contributed by atoms with E-state index in [1.807, 2.05) is 0 Å². The molecule has 0 fully saturated rings. The number of rotatable bonds is 4. The molecule has 0 heterocycles. The second kappa shape index (κ2) is 6.03. The largest absolute Gasteiger partial charge is 0.478 e. The molecule has 108 valence electrons. The highest BCUT2D eigenvalue weighted by Crippen LogP contribution is 2.28. The van der Waals surface area contributed by atoms with Crippen molar-refractivity contribution in [1.29, 1.82) is 0 Å². The van der Waals surface area contributed by atoms with Crippen LogP contribution in [0, 0.1) is 0 Å². The molecule has 7 heteroatoms. The van der Waals surface area contributed by atoms with Crippen LogP contribution in [0.15, 0.2) is 36.4 Å². The van der Waals surface area contributed by atoms with Crippen molar-refractivity contribution in [2.24, 2.45) is 0 Å². The van der Waals surface area contributed by atoms with Crippen molar-refractivity contribution in [2.75, 3.05) is 5.32 Å². The third kappa shape index (κ3) is 3.45. The van der Waals surface area contributed by atoms with Crippen LogP contribution in [-0.4, -0.2) is 22.2 Å². The molecule has 0 atom stereocenters. The molecule has 0 radical (unpaired) electrons. The zero-order chi connectivity index (χ0) is 15.6. The van der Waals surface area contributed by atoms with Gasteiger partial charge in [0, 0.05) is 10.0 Å². The minimum absolute atomic E-state index is 0.0613. The zero-order valence-electron chi connectivity index (χ0n) is 10.4. The average Bonchev–Trinajstić information content (AvgIpc) is 2.42. The van der Waals surface area contributed by atoms with Crippen LogP contribution in [0.1, 0.15) is 20.7 Å². The Morgan fingerprint density at radius 2 is 1.19 bits per heavy atom. The smallest absolute Gasteiger partial charge is 0.337 e. The fourth-order valence-electron chi connectivity index (χ4n) is 1.75. The van der Waals surface area contributed by atoms with Gasteiger partial charge in [0.1, 0.15) is 0 Å². The minimum atomic E-state index is -1.18. The molecule has 0 saturated heterocycles. The summed E-state index contributed by atoms with van der Waals surface area (Å²) in [5.41, 5.74) is 0.344. The Hall–Kier alpha value is -2.24. The molecule has 0 aliphatic heterocycles. The maximum atomic E-state index is 11.2. The van der Waals surface area contributed by atoms with Crippen molar-refractivity contribution in [3.8, 4) is 0 Å². The number of hydrogen-bond acceptors (Lipinski definition) is 3. The lowest BCUT2D eigenvalue weighted by Gasteiger charge is -2.12. The van der Waals surface area contributed by atoms with Gasteiger partial charge in [-0.1, -0.05) is 23.2 Å². The topological polar surface area (TPSA) is 86.6 Å².